The fourth-order valence-electron chi connectivity index (χ4n) is 2.18. The Hall–Kier alpha value is -1.66. The lowest BCUT2D eigenvalue weighted by Crippen LogP contribution is -2.21. The Bertz CT molecular complexity index is 1030. The fourth-order valence-corrected chi connectivity index (χ4v) is 4.04. The molecule has 0 saturated carbocycles. The van der Waals surface area contributed by atoms with E-state index in [9.17, 15) is 13.2 Å². The number of halogens is 5. The highest BCUT2D eigenvalue weighted by atomic mass is 35.5. The molecule has 0 saturated heterocycles. The number of nitrogens with zero attached hydrogens (tertiary/aromatic N) is 2. The van der Waals surface area contributed by atoms with E-state index in [-0.39, 0.29) is 0 Å². The van der Waals surface area contributed by atoms with Crippen LogP contribution in [0, 0.1) is 4.64 Å². The SMILES string of the molecule is NCCn1c(-c2sccc2Cl)c(Cl)c2nc[nH]c(=S)c21.O=C(O)C(F)(F)F. The Labute approximate surface area is 169 Å². The quantitative estimate of drug-likeness (QED) is 0.493. The van der Waals surface area contributed by atoms with Crippen LogP contribution >= 0.6 is 46.8 Å². The van der Waals surface area contributed by atoms with Crippen molar-refractivity contribution in [1.82, 2.24) is 14.5 Å². The molecule has 0 aromatic carbocycles. The maximum absolute atomic E-state index is 10.6. The van der Waals surface area contributed by atoms with Gasteiger partial charge in [0, 0.05) is 13.1 Å². The largest absolute Gasteiger partial charge is 0.490 e. The molecule has 0 spiro atoms. The van der Waals surface area contributed by atoms with Gasteiger partial charge in [-0.1, -0.05) is 35.4 Å². The summed E-state index contributed by atoms with van der Waals surface area (Å²) in [6.45, 7) is 1.07. The van der Waals surface area contributed by atoms with Gasteiger partial charge in [0.05, 0.1) is 26.9 Å². The van der Waals surface area contributed by atoms with Crippen LogP contribution in [-0.2, 0) is 11.3 Å². The first kappa shape index (κ1) is 21.6. The van der Waals surface area contributed by atoms with Gasteiger partial charge in [0.2, 0.25) is 0 Å². The van der Waals surface area contributed by atoms with Crippen molar-refractivity contribution in [2.75, 3.05) is 6.54 Å². The number of alkyl halides is 3. The van der Waals surface area contributed by atoms with E-state index in [4.69, 9.17) is 51.1 Å². The number of fused-ring (bicyclic) bond motifs is 1. The summed E-state index contributed by atoms with van der Waals surface area (Å²) in [5.41, 5.74) is 8.00. The van der Waals surface area contributed by atoms with Crippen molar-refractivity contribution in [2.45, 2.75) is 12.7 Å². The van der Waals surface area contributed by atoms with Gasteiger partial charge in [-0.05, 0) is 11.4 Å². The average Bonchev–Trinajstić information content (AvgIpc) is 3.10. The minimum atomic E-state index is -5.08. The second kappa shape index (κ2) is 8.57. The third-order valence-corrected chi connectivity index (χ3v) is 5.23. The molecule has 0 bridgehead atoms. The van der Waals surface area contributed by atoms with Crippen LogP contribution in [0.5, 0.6) is 0 Å². The van der Waals surface area contributed by atoms with Crippen molar-refractivity contribution in [3.63, 3.8) is 0 Å². The van der Waals surface area contributed by atoms with Crippen LogP contribution < -0.4 is 5.73 Å². The van der Waals surface area contributed by atoms with Crippen molar-refractivity contribution < 1.29 is 23.1 Å². The summed E-state index contributed by atoms with van der Waals surface area (Å²) in [7, 11) is 0. The number of carbonyl (C=O) groups is 1. The molecule has 0 aliphatic rings. The van der Waals surface area contributed by atoms with Crippen molar-refractivity contribution in [3.8, 4) is 10.6 Å². The second-order valence-electron chi connectivity index (χ2n) is 4.93. The lowest BCUT2D eigenvalue weighted by Gasteiger charge is -2.08. The van der Waals surface area contributed by atoms with E-state index in [0.29, 0.717) is 33.3 Å². The number of carboxylic acids is 1. The molecule has 27 heavy (non-hydrogen) atoms. The molecule has 3 aromatic rings. The Morgan fingerprint density at radius 1 is 1.44 bits per heavy atom. The van der Waals surface area contributed by atoms with E-state index in [2.05, 4.69) is 9.97 Å². The second-order valence-corrected chi connectivity index (χ2v) is 7.04. The zero-order valence-electron chi connectivity index (χ0n) is 13.2. The van der Waals surface area contributed by atoms with Gasteiger partial charge in [0.25, 0.3) is 0 Å². The van der Waals surface area contributed by atoms with E-state index >= 15 is 0 Å². The van der Waals surface area contributed by atoms with Crippen molar-refractivity contribution in [1.29, 1.82) is 0 Å². The Kier molecular flexibility index (Phi) is 6.87. The predicted octanol–water partition coefficient (Wildman–Crippen LogP) is 4.72. The van der Waals surface area contributed by atoms with Gasteiger partial charge in [-0.25, -0.2) is 9.78 Å². The molecule has 0 aliphatic heterocycles. The summed E-state index contributed by atoms with van der Waals surface area (Å²) in [6.07, 6.45) is -3.54. The lowest BCUT2D eigenvalue weighted by molar-refractivity contribution is -0.192. The molecule has 4 N–H and O–H groups in total. The molecule has 13 heteroatoms. The lowest BCUT2D eigenvalue weighted by atomic mass is 10.3. The van der Waals surface area contributed by atoms with Crippen LogP contribution in [0.2, 0.25) is 10.0 Å². The van der Waals surface area contributed by atoms with Crippen molar-refractivity contribution >= 4 is 63.8 Å². The molecule has 3 heterocycles. The number of nitrogens with one attached hydrogen (secondary N) is 1. The highest BCUT2D eigenvalue weighted by Crippen LogP contribution is 2.42. The molecule has 3 rings (SSSR count). The third kappa shape index (κ3) is 4.61. The third-order valence-electron chi connectivity index (χ3n) is 3.21. The van der Waals surface area contributed by atoms with E-state index in [1.54, 1.807) is 6.33 Å². The first-order chi connectivity index (χ1) is 12.6. The highest BCUT2D eigenvalue weighted by molar-refractivity contribution is 7.71. The van der Waals surface area contributed by atoms with Crippen molar-refractivity contribution in [2.24, 2.45) is 5.73 Å². The van der Waals surface area contributed by atoms with Gasteiger partial charge in [-0.15, -0.1) is 11.3 Å². The number of hydrogen-bond donors (Lipinski definition) is 3. The van der Waals surface area contributed by atoms with E-state index < -0.39 is 12.1 Å². The topological polar surface area (TPSA) is 96.9 Å². The monoisotopic (exact) mass is 458 g/mol. The molecule has 0 atom stereocenters. The molecule has 0 aliphatic carbocycles. The first-order valence-corrected chi connectivity index (χ1v) is 9.12. The maximum Gasteiger partial charge on any atom is 0.490 e. The number of carboxylic acid groups (broad SMARTS) is 1. The minimum Gasteiger partial charge on any atom is -0.475 e. The van der Waals surface area contributed by atoms with Crippen LogP contribution in [0.25, 0.3) is 21.6 Å². The normalized spacial score (nSPS) is 11.3. The summed E-state index contributed by atoms with van der Waals surface area (Å²) in [5.74, 6) is -2.76. The van der Waals surface area contributed by atoms with Crippen LogP contribution in [0.1, 0.15) is 0 Å². The van der Waals surface area contributed by atoms with Gasteiger partial charge < -0.3 is 20.4 Å². The number of aromatic nitrogens is 3. The molecule has 0 unspecified atom stereocenters. The molecule has 0 amide bonds. The molecule has 0 fully saturated rings. The molecule has 3 aromatic heterocycles. The van der Waals surface area contributed by atoms with Crippen LogP contribution in [0.3, 0.4) is 0 Å². The maximum atomic E-state index is 10.6. The van der Waals surface area contributed by atoms with E-state index in [1.165, 1.54) is 11.3 Å². The average molecular weight is 459 g/mol. The predicted molar refractivity (Wildman–Crippen MR) is 101 cm³/mol. The Morgan fingerprint density at radius 3 is 2.56 bits per heavy atom. The van der Waals surface area contributed by atoms with Gasteiger partial charge in [-0.2, -0.15) is 13.2 Å². The number of rotatable bonds is 3. The molecular weight excluding hydrogens is 448 g/mol. The van der Waals surface area contributed by atoms with Crippen LogP contribution in [0.4, 0.5) is 13.2 Å². The van der Waals surface area contributed by atoms with Crippen LogP contribution in [0.15, 0.2) is 17.8 Å². The first-order valence-electron chi connectivity index (χ1n) is 7.08. The number of aromatic amines is 1. The number of hydrogen-bond acceptors (Lipinski definition) is 5. The number of H-pyrrole nitrogens is 1. The standard InChI is InChI=1S/C12H10Cl2N4S2.C2HF3O2/c13-6-1-4-20-11(6)9-7(14)8-10(18(9)3-2-15)12(19)17-5-16-8;3-2(4,5)1(6)7/h1,4-5H,2-3,15H2,(H,16,17,19);(H,6,7). The summed E-state index contributed by atoms with van der Waals surface area (Å²) >= 11 is 19.6. The zero-order chi connectivity index (χ0) is 20.4. The number of aliphatic carboxylic acids is 1. The van der Waals surface area contributed by atoms with E-state index in [0.717, 1.165) is 16.1 Å². The summed E-state index contributed by atoms with van der Waals surface area (Å²) in [5, 5.41) is 10.3. The summed E-state index contributed by atoms with van der Waals surface area (Å²) < 4.78 is 34.3. The molecular formula is C14H11Cl2F3N4O2S2. The smallest absolute Gasteiger partial charge is 0.475 e. The van der Waals surface area contributed by atoms with Gasteiger partial charge in [-0.3, -0.25) is 0 Å². The molecule has 0 radical (unpaired) electrons. The van der Waals surface area contributed by atoms with Gasteiger partial charge in [0.15, 0.2) is 0 Å². The summed E-state index contributed by atoms with van der Waals surface area (Å²) in [6, 6.07) is 1.84. The Morgan fingerprint density at radius 2 is 2.07 bits per heavy atom. The minimum absolute atomic E-state index is 0.472. The number of nitrogens with two attached hydrogens (primary N) is 1. The highest BCUT2D eigenvalue weighted by Gasteiger charge is 2.38. The zero-order valence-corrected chi connectivity index (χ0v) is 16.3. The Balaban J connectivity index is 0.000000321. The molecule has 146 valence electrons. The van der Waals surface area contributed by atoms with Crippen molar-refractivity contribution in [3.05, 3.63) is 32.5 Å². The van der Waals surface area contributed by atoms with E-state index in [1.807, 2.05) is 16.0 Å². The van der Waals surface area contributed by atoms with Crippen LogP contribution in [-0.4, -0.2) is 38.3 Å². The molecule has 6 nitrogen and oxygen atoms in total. The van der Waals surface area contributed by atoms with Gasteiger partial charge in [0.1, 0.15) is 15.7 Å². The fraction of sp³-hybridized carbons (Fsp3) is 0.214. The van der Waals surface area contributed by atoms with Gasteiger partial charge >= 0.3 is 12.1 Å². The summed E-state index contributed by atoms with van der Waals surface area (Å²) in [4.78, 5) is 17.0. The number of thiophene rings is 1.